The maximum atomic E-state index is 12.9. The highest BCUT2D eigenvalue weighted by Crippen LogP contribution is 2.32. The molecule has 2 aromatic rings. The van der Waals surface area contributed by atoms with Crippen molar-refractivity contribution in [2.75, 3.05) is 19.4 Å². The molecular weight excluding hydrogens is 322 g/mol. The van der Waals surface area contributed by atoms with Crippen molar-refractivity contribution in [3.8, 4) is 5.75 Å². The van der Waals surface area contributed by atoms with Crippen LogP contribution in [0.1, 0.15) is 27.3 Å². The van der Waals surface area contributed by atoms with Crippen molar-refractivity contribution in [1.82, 2.24) is 14.7 Å². The van der Waals surface area contributed by atoms with E-state index in [0.29, 0.717) is 17.9 Å². The van der Waals surface area contributed by atoms with Gasteiger partial charge in [0.25, 0.3) is 5.91 Å². The average molecular weight is 343 g/mol. The number of nitrogens with zero attached hydrogens (tertiary/aromatic N) is 3. The van der Waals surface area contributed by atoms with E-state index in [1.54, 1.807) is 24.9 Å². The summed E-state index contributed by atoms with van der Waals surface area (Å²) < 4.78 is 7.09. The van der Waals surface area contributed by atoms with Crippen LogP contribution in [0.4, 0.5) is 0 Å². The third-order valence-electron chi connectivity index (χ3n) is 4.23. The van der Waals surface area contributed by atoms with Gasteiger partial charge in [-0.2, -0.15) is 5.10 Å². The van der Waals surface area contributed by atoms with Gasteiger partial charge in [0.15, 0.2) is 0 Å². The molecule has 3 rings (SSSR count). The number of amides is 1. The van der Waals surface area contributed by atoms with Crippen LogP contribution in [0.3, 0.4) is 0 Å². The Bertz CT molecular complexity index is 811. The lowest BCUT2D eigenvalue weighted by atomic mass is 10.1. The Hall–Kier alpha value is -2.21. The first-order valence-corrected chi connectivity index (χ1v) is 8.80. The van der Waals surface area contributed by atoms with E-state index >= 15 is 0 Å². The van der Waals surface area contributed by atoms with E-state index in [9.17, 15) is 4.79 Å². The summed E-state index contributed by atoms with van der Waals surface area (Å²) >= 11 is 1.70. The minimum Gasteiger partial charge on any atom is -0.497 e. The van der Waals surface area contributed by atoms with E-state index in [4.69, 9.17) is 4.74 Å². The molecule has 126 valence electrons. The predicted octanol–water partition coefficient (Wildman–Crippen LogP) is 3.23. The van der Waals surface area contributed by atoms with Gasteiger partial charge in [0.05, 0.1) is 17.8 Å². The minimum atomic E-state index is 0.00402. The Morgan fingerprint density at radius 3 is 2.83 bits per heavy atom. The molecule has 0 unspecified atom stereocenters. The number of hydrogen-bond donors (Lipinski definition) is 0. The SMILES string of the molecule is COc1cccc(C(=O)N2CCS/C2=C/c2c(C)nn(C)c2C)c1. The molecule has 1 aromatic heterocycles. The van der Waals surface area contributed by atoms with Gasteiger partial charge in [-0.3, -0.25) is 9.48 Å². The van der Waals surface area contributed by atoms with E-state index < -0.39 is 0 Å². The topological polar surface area (TPSA) is 47.4 Å². The first kappa shape index (κ1) is 16.6. The smallest absolute Gasteiger partial charge is 0.258 e. The fourth-order valence-electron chi connectivity index (χ4n) is 2.79. The van der Waals surface area contributed by atoms with E-state index in [2.05, 4.69) is 11.2 Å². The molecule has 0 saturated carbocycles. The second-order valence-electron chi connectivity index (χ2n) is 5.73. The summed E-state index contributed by atoms with van der Waals surface area (Å²) in [6.45, 7) is 4.75. The van der Waals surface area contributed by atoms with E-state index in [0.717, 1.165) is 27.7 Å². The first-order valence-electron chi connectivity index (χ1n) is 7.82. The Balaban J connectivity index is 1.92. The summed E-state index contributed by atoms with van der Waals surface area (Å²) in [7, 11) is 3.54. The molecule has 1 fully saturated rings. The molecule has 1 aromatic carbocycles. The lowest BCUT2D eigenvalue weighted by molar-refractivity contribution is 0.0830. The molecule has 0 spiro atoms. The molecular formula is C18H21N3O2S. The van der Waals surface area contributed by atoms with Gasteiger partial charge in [-0.1, -0.05) is 6.07 Å². The number of methoxy groups -OCH3 is 1. The first-order chi connectivity index (χ1) is 11.5. The standard InChI is InChI=1S/C18H21N3O2S/c1-12-16(13(2)20(3)19-12)11-17-21(8-9-24-17)18(22)14-6-5-7-15(10-14)23-4/h5-7,10-11H,8-9H2,1-4H3/b17-11+. The minimum absolute atomic E-state index is 0.00402. The molecule has 0 bridgehead atoms. The molecule has 1 aliphatic rings. The van der Waals surface area contributed by atoms with Crippen LogP contribution >= 0.6 is 11.8 Å². The molecule has 2 heterocycles. The number of aromatic nitrogens is 2. The van der Waals surface area contributed by atoms with Crippen LogP contribution in [-0.4, -0.2) is 40.0 Å². The fraction of sp³-hybridized carbons (Fsp3) is 0.333. The molecule has 5 nitrogen and oxygen atoms in total. The molecule has 1 amide bonds. The zero-order chi connectivity index (χ0) is 17.3. The van der Waals surface area contributed by atoms with Gasteiger partial charge in [0, 0.05) is 36.2 Å². The van der Waals surface area contributed by atoms with Gasteiger partial charge in [-0.25, -0.2) is 0 Å². The second-order valence-corrected chi connectivity index (χ2v) is 6.84. The summed E-state index contributed by atoms with van der Waals surface area (Å²) in [4.78, 5) is 14.7. The largest absolute Gasteiger partial charge is 0.497 e. The average Bonchev–Trinajstić information content (AvgIpc) is 3.14. The lowest BCUT2D eigenvalue weighted by Crippen LogP contribution is -2.26. The molecule has 0 radical (unpaired) electrons. The molecule has 1 saturated heterocycles. The van der Waals surface area contributed by atoms with Crippen molar-refractivity contribution in [3.63, 3.8) is 0 Å². The molecule has 0 aliphatic carbocycles. The van der Waals surface area contributed by atoms with Gasteiger partial charge >= 0.3 is 0 Å². The van der Waals surface area contributed by atoms with Crippen LogP contribution in [0, 0.1) is 13.8 Å². The summed E-state index contributed by atoms with van der Waals surface area (Å²) in [6, 6.07) is 7.29. The normalized spacial score (nSPS) is 16.0. The number of rotatable bonds is 3. The van der Waals surface area contributed by atoms with Crippen LogP contribution in [0.2, 0.25) is 0 Å². The predicted molar refractivity (Wildman–Crippen MR) is 97.1 cm³/mol. The van der Waals surface area contributed by atoms with Crippen molar-refractivity contribution >= 4 is 23.7 Å². The third-order valence-corrected chi connectivity index (χ3v) is 5.25. The van der Waals surface area contributed by atoms with Crippen LogP contribution in [0.25, 0.3) is 6.08 Å². The Morgan fingerprint density at radius 2 is 2.17 bits per heavy atom. The highest BCUT2D eigenvalue weighted by molar-refractivity contribution is 8.03. The molecule has 24 heavy (non-hydrogen) atoms. The van der Waals surface area contributed by atoms with Gasteiger partial charge < -0.3 is 9.64 Å². The molecule has 0 N–H and O–H groups in total. The van der Waals surface area contributed by atoms with Gasteiger partial charge in [-0.05, 0) is 38.1 Å². The Labute approximate surface area is 146 Å². The molecule has 6 heteroatoms. The number of hydrogen-bond acceptors (Lipinski definition) is 4. The summed E-state index contributed by atoms with van der Waals surface area (Å²) in [6.07, 6.45) is 2.08. The zero-order valence-electron chi connectivity index (χ0n) is 14.4. The number of ether oxygens (including phenoxy) is 1. The maximum Gasteiger partial charge on any atom is 0.258 e. The number of aryl methyl sites for hydroxylation is 2. The monoisotopic (exact) mass is 343 g/mol. The highest BCUT2D eigenvalue weighted by atomic mass is 32.2. The highest BCUT2D eigenvalue weighted by Gasteiger charge is 2.26. The van der Waals surface area contributed by atoms with Crippen LogP contribution in [0.5, 0.6) is 5.75 Å². The van der Waals surface area contributed by atoms with Gasteiger partial charge in [-0.15, -0.1) is 11.8 Å². The summed E-state index contributed by atoms with van der Waals surface area (Å²) in [5.41, 5.74) is 3.80. The second kappa shape index (κ2) is 6.73. The summed E-state index contributed by atoms with van der Waals surface area (Å²) in [5.74, 6) is 1.60. The van der Waals surface area contributed by atoms with Crippen LogP contribution in [-0.2, 0) is 7.05 Å². The van der Waals surface area contributed by atoms with Crippen LogP contribution in [0.15, 0.2) is 29.3 Å². The number of thioether (sulfide) groups is 1. The van der Waals surface area contributed by atoms with Gasteiger partial charge in [0.2, 0.25) is 0 Å². The number of carbonyl (C=O) groups excluding carboxylic acids is 1. The third kappa shape index (κ3) is 3.06. The zero-order valence-corrected chi connectivity index (χ0v) is 15.2. The Morgan fingerprint density at radius 1 is 1.38 bits per heavy atom. The molecule has 1 aliphatic heterocycles. The van der Waals surface area contributed by atoms with Crippen molar-refractivity contribution in [2.24, 2.45) is 7.05 Å². The molecule has 0 atom stereocenters. The van der Waals surface area contributed by atoms with Crippen LogP contribution < -0.4 is 4.74 Å². The van der Waals surface area contributed by atoms with Crippen molar-refractivity contribution in [3.05, 3.63) is 51.8 Å². The lowest BCUT2D eigenvalue weighted by Gasteiger charge is -2.17. The Kier molecular flexibility index (Phi) is 4.66. The maximum absolute atomic E-state index is 12.9. The van der Waals surface area contributed by atoms with E-state index in [-0.39, 0.29) is 5.91 Å². The van der Waals surface area contributed by atoms with Gasteiger partial charge in [0.1, 0.15) is 5.75 Å². The van der Waals surface area contributed by atoms with E-state index in [1.807, 2.05) is 48.7 Å². The van der Waals surface area contributed by atoms with Crippen molar-refractivity contribution in [2.45, 2.75) is 13.8 Å². The fourth-order valence-corrected chi connectivity index (χ4v) is 3.80. The quantitative estimate of drug-likeness (QED) is 0.858. The van der Waals surface area contributed by atoms with Crippen molar-refractivity contribution in [1.29, 1.82) is 0 Å². The number of carbonyl (C=O) groups is 1. The van der Waals surface area contributed by atoms with E-state index in [1.165, 1.54) is 0 Å². The van der Waals surface area contributed by atoms with Crippen molar-refractivity contribution < 1.29 is 9.53 Å². The summed E-state index contributed by atoms with van der Waals surface area (Å²) in [5, 5.41) is 5.42. The number of benzene rings is 1.